The summed E-state index contributed by atoms with van der Waals surface area (Å²) >= 11 is 5.30. The number of anilines is 1. The van der Waals surface area contributed by atoms with Crippen LogP contribution in [0.15, 0.2) is 61.2 Å². The van der Waals surface area contributed by atoms with Crippen molar-refractivity contribution in [2.24, 2.45) is 0 Å². The lowest BCUT2D eigenvalue weighted by Gasteiger charge is -2.17. The Kier molecular flexibility index (Phi) is 6.11. The fourth-order valence-corrected chi connectivity index (χ4v) is 2.28. The second-order valence-corrected chi connectivity index (χ2v) is 5.40. The summed E-state index contributed by atoms with van der Waals surface area (Å²) in [5.41, 5.74) is 1.82. The van der Waals surface area contributed by atoms with Crippen LogP contribution in [0.3, 0.4) is 0 Å². The average molecular weight is 330 g/mol. The first-order valence-corrected chi connectivity index (χ1v) is 7.66. The maximum Gasteiger partial charge on any atom is 0.171 e. The van der Waals surface area contributed by atoms with Gasteiger partial charge in [-0.15, -0.1) is 0 Å². The first-order valence-electron chi connectivity index (χ1n) is 7.25. The summed E-state index contributed by atoms with van der Waals surface area (Å²) in [5.74, 6) is 0.523. The van der Waals surface area contributed by atoms with Gasteiger partial charge in [0, 0.05) is 5.69 Å². The third-order valence-electron chi connectivity index (χ3n) is 3.20. The van der Waals surface area contributed by atoms with Crippen LogP contribution in [0.4, 0.5) is 10.1 Å². The highest BCUT2D eigenvalue weighted by atomic mass is 32.1. The molecule has 0 aliphatic carbocycles. The predicted octanol–water partition coefficient (Wildman–Crippen LogP) is 4.44. The molecule has 0 saturated heterocycles. The molecule has 2 N–H and O–H groups in total. The lowest BCUT2D eigenvalue weighted by Crippen LogP contribution is -2.30. The summed E-state index contributed by atoms with van der Waals surface area (Å²) in [6.45, 7) is 6.05. The lowest BCUT2D eigenvalue weighted by molar-refractivity contribution is 0.363. The van der Waals surface area contributed by atoms with E-state index in [0.29, 0.717) is 11.7 Å². The molecule has 0 bridgehead atoms. The van der Waals surface area contributed by atoms with Crippen molar-refractivity contribution >= 4 is 23.0 Å². The van der Waals surface area contributed by atoms with Gasteiger partial charge in [0.1, 0.15) is 18.2 Å². The molecular formula is C18H19FN2OS. The highest BCUT2D eigenvalue weighted by Crippen LogP contribution is 2.17. The van der Waals surface area contributed by atoms with Gasteiger partial charge in [0.05, 0.1) is 6.04 Å². The summed E-state index contributed by atoms with van der Waals surface area (Å²) in [5, 5.41) is 6.78. The van der Waals surface area contributed by atoms with Crippen LogP contribution in [0.5, 0.6) is 5.75 Å². The number of hydrogen-bond acceptors (Lipinski definition) is 2. The predicted molar refractivity (Wildman–Crippen MR) is 96.3 cm³/mol. The van der Waals surface area contributed by atoms with Crippen LogP contribution in [0.25, 0.3) is 0 Å². The molecule has 0 fully saturated rings. The molecule has 0 radical (unpaired) electrons. The van der Waals surface area contributed by atoms with Gasteiger partial charge >= 0.3 is 0 Å². The molecule has 2 rings (SSSR count). The minimum atomic E-state index is -0.250. The van der Waals surface area contributed by atoms with E-state index < -0.39 is 0 Å². The van der Waals surface area contributed by atoms with Crippen LogP contribution in [-0.2, 0) is 0 Å². The molecule has 0 amide bonds. The van der Waals surface area contributed by atoms with Gasteiger partial charge < -0.3 is 15.4 Å². The number of ether oxygens (including phenoxy) is 1. The van der Waals surface area contributed by atoms with Crippen molar-refractivity contribution in [1.29, 1.82) is 0 Å². The van der Waals surface area contributed by atoms with Gasteiger partial charge in [-0.05, 0) is 61.1 Å². The Morgan fingerprint density at radius 1 is 1.22 bits per heavy atom. The summed E-state index contributed by atoms with van der Waals surface area (Å²) < 4.78 is 18.4. The van der Waals surface area contributed by atoms with E-state index >= 15 is 0 Å². The van der Waals surface area contributed by atoms with Crippen LogP contribution >= 0.6 is 12.2 Å². The van der Waals surface area contributed by atoms with E-state index in [1.807, 2.05) is 31.2 Å². The van der Waals surface area contributed by atoms with Gasteiger partial charge in [-0.2, -0.15) is 0 Å². The molecule has 0 aromatic heterocycles. The van der Waals surface area contributed by atoms with Crippen molar-refractivity contribution < 1.29 is 9.13 Å². The van der Waals surface area contributed by atoms with E-state index in [2.05, 4.69) is 17.2 Å². The maximum absolute atomic E-state index is 12.9. The molecule has 1 unspecified atom stereocenters. The molecule has 0 spiro atoms. The van der Waals surface area contributed by atoms with E-state index in [4.69, 9.17) is 17.0 Å². The standard InChI is InChI=1S/C18H19FN2OS/c1-3-12-22-17-10-8-16(9-11-17)21-18(23)20-13(2)14-4-6-15(19)7-5-14/h3-11,13H,1,12H2,2H3,(H2,20,21,23). The van der Waals surface area contributed by atoms with Gasteiger partial charge in [0.25, 0.3) is 0 Å². The van der Waals surface area contributed by atoms with Crippen molar-refractivity contribution in [3.8, 4) is 5.75 Å². The fraction of sp³-hybridized carbons (Fsp3) is 0.167. The molecule has 2 aromatic carbocycles. The van der Waals surface area contributed by atoms with Crippen molar-refractivity contribution in [2.45, 2.75) is 13.0 Å². The molecular weight excluding hydrogens is 311 g/mol. The van der Waals surface area contributed by atoms with E-state index in [-0.39, 0.29) is 11.9 Å². The van der Waals surface area contributed by atoms with Crippen LogP contribution in [-0.4, -0.2) is 11.7 Å². The molecule has 0 heterocycles. The number of thiocarbonyl (C=S) groups is 1. The number of nitrogens with one attached hydrogen (secondary N) is 2. The molecule has 3 nitrogen and oxygen atoms in total. The minimum Gasteiger partial charge on any atom is -0.490 e. The lowest BCUT2D eigenvalue weighted by atomic mass is 10.1. The summed E-state index contributed by atoms with van der Waals surface area (Å²) in [6.07, 6.45) is 1.70. The zero-order chi connectivity index (χ0) is 16.7. The van der Waals surface area contributed by atoms with E-state index in [1.54, 1.807) is 18.2 Å². The zero-order valence-corrected chi connectivity index (χ0v) is 13.7. The van der Waals surface area contributed by atoms with Crippen LogP contribution in [0, 0.1) is 5.82 Å². The first-order chi connectivity index (χ1) is 11.1. The molecule has 2 aromatic rings. The number of hydrogen-bond donors (Lipinski definition) is 2. The second-order valence-electron chi connectivity index (χ2n) is 5.00. The Bertz CT molecular complexity index is 656. The highest BCUT2D eigenvalue weighted by molar-refractivity contribution is 7.80. The van der Waals surface area contributed by atoms with E-state index in [9.17, 15) is 4.39 Å². The van der Waals surface area contributed by atoms with Crippen LogP contribution in [0.1, 0.15) is 18.5 Å². The van der Waals surface area contributed by atoms with Crippen molar-refractivity contribution in [3.05, 3.63) is 72.6 Å². The Morgan fingerprint density at radius 2 is 1.87 bits per heavy atom. The molecule has 0 saturated carbocycles. The van der Waals surface area contributed by atoms with Crippen LogP contribution < -0.4 is 15.4 Å². The smallest absolute Gasteiger partial charge is 0.171 e. The largest absolute Gasteiger partial charge is 0.490 e. The average Bonchev–Trinajstić information content (AvgIpc) is 2.54. The van der Waals surface area contributed by atoms with E-state index in [0.717, 1.165) is 17.0 Å². The van der Waals surface area contributed by atoms with Gasteiger partial charge in [-0.1, -0.05) is 24.8 Å². The molecule has 0 aliphatic rings. The second kappa shape index (κ2) is 8.29. The summed E-state index contributed by atoms with van der Waals surface area (Å²) in [7, 11) is 0. The van der Waals surface area contributed by atoms with Gasteiger partial charge in [-0.3, -0.25) is 0 Å². The molecule has 0 aliphatic heterocycles. The van der Waals surface area contributed by atoms with Crippen LogP contribution in [0.2, 0.25) is 0 Å². The van der Waals surface area contributed by atoms with Crippen molar-refractivity contribution in [1.82, 2.24) is 5.32 Å². The number of halogens is 1. The van der Waals surface area contributed by atoms with Gasteiger partial charge in [0.15, 0.2) is 5.11 Å². The molecule has 1 atom stereocenters. The molecule has 120 valence electrons. The van der Waals surface area contributed by atoms with E-state index in [1.165, 1.54) is 12.1 Å². The third kappa shape index (κ3) is 5.38. The Hall–Kier alpha value is -2.40. The van der Waals surface area contributed by atoms with Gasteiger partial charge in [0.2, 0.25) is 0 Å². The monoisotopic (exact) mass is 330 g/mol. The minimum absolute atomic E-state index is 0.0224. The number of benzene rings is 2. The maximum atomic E-state index is 12.9. The molecule has 5 heteroatoms. The SMILES string of the molecule is C=CCOc1ccc(NC(=S)NC(C)c2ccc(F)cc2)cc1. The molecule has 23 heavy (non-hydrogen) atoms. The van der Waals surface area contributed by atoms with Crippen molar-refractivity contribution in [3.63, 3.8) is 0 Å². The third-order valence-corrected chi connectivity index (χ3v) is 3.42. The summed E-state index contributed by atoms with van der Waals surface area (Å²) in [4.78, 5) is 0. The Morgan fingerprint density at radius 3 is 2.48 bits per heavy atom. The quantitative estimate of drug-likeness (QED) is 0.606. The summed E-state index contributed by atoms with van der Waals surface area (Å²) in [6, 6.07) is 13.8. The topological polar surface area (TPSA) is 33.3 Å². The van der Waals surface area contributed by atoms with Crippen molar-refractivity contribution in [2.75, 3.05) is 11.9 Å². The fourth-order valence-electron chi connectivity index (χ4n) is 1.99. The first kappa shape index (κ1) is 17.0. The highest BCUT2D eigenvalue weighted by Gasteiger charge is 2.07. The Labute approximate surface area is 141 Å². The normalized spacial score (nSPS) is 11.4. The number of rotatable bonds is 6. The zero-order valence-electron chi connectivity index (χ0n) is 12.9. The van der Waals surface area contributed by atoms with Gasteiger partial charge in [-0.25, -0.2) is 4.39 Å². The Balaban J connectivity index is 1.88.